The van der Waals surface area contributed by atoms with Crippen LogP contribution >= 0.6 is 0 Å². The van der Waals surface area contributed by atoms with Crippen LogP contribution < -0.4 is 11.1 Å². The first kappa shape index (κ1) is 12.9. The molecule has 4 nitrogen and oxygen atoms in total. The van der Waals surface area contributed by atoms with Gasteiger partial charge in [-0.1, -0.05) is 13.0 Å². The summed E-state index contributed by atoms with van der Waals surface area (Å²) in [5, 5.41) is 3.41. The lowest BCUT2D eigenvalue weighted by molar-refractivity contribution is 0.503. The minimum atomic E-state index is 0.189. The van der Waals surface area contributed by atoms with Crippen molar-refractivity contribution in [1.82, 2.24) is 14.9 Å². The predicted octanol–water partition coefficient (Wildman–Crippen LogP) is 1.46. The van der Waals surface area contributed by atoms with Crippen LogP contribution in [0.15, 0.2) is 25.2 Å². The molecule has 1 rings (SSSR count). The first-order valence-electron chi connectivity index (χ1n) is 5.87. The van der Waals surface area contributed by atoms with E-state index in [1.54, 1.807) is 0 Å². The molecule has 16 heavy (non-hydrogen) atoms. The molecule has 0 bridgehead atoms. The summed E-state index contributed by atoms with van der Waals surface area (Å²) in [5.74, 6) is 0. The van der Waals surface area contributed by atoms with Crippen molar-refractivity contribution in [2.75, 3.05) is 13.1 Å². The average molecular weight is 222 g/mol. The van der Waals surface area contributed by atoms with E-state index in [9.17, 15) is 0 Å². The van der Waals surface area contributed by atoms with Gasteiger partial charge in [-0.3, -0.25) is 0 Å². The molecule has 90 valence electrons. The summed E-state index contributed by atoms with van der Waals surface area (Å²) in [7, 11) is 0. The van der Waals surface area contributed by atoms with Crippen LogP contribution in [0.3, 0.4) is 0 Å². The van der Waals surface area contributed by atoms with Crippen LogP contribution in [-0.4, -0.2) is 22.6 Å². The minimum Gasteiger partial charge on any atom is -0.333 e. The Kier molecular flexibility index (Phi) is 5.82. The molecule has 1 heterocycles. The van der Waals surface area contributed by atoms with Gasteiger partial charge in [-0.2, -0.15) is 0 Å². The van der Waals surface area contributed by atoms with E-state index in [0.717, 1.165) is 25.9 Å². The zero-order chi connectivity index (χ0) is 11.8. The third-order valence-electron chi connectivity index (χ3n) is 2.54. The fraction of sp³-hybridized carbons (Fsp3) is 0.583. The van der Waals surface area contributed by atoms with Crippen LogP contribution in [0.5, 0.6) is 0 Å². The number of nitrogens with two attached hydrogens (primary N) is 1. The second-order valence-electron chi connectivity index (χ2n) is 3.83. The molecule has 0 spiro atoms. The molecule has 0 saturated carbocycles. The molecule has 0 amide bonds. The third kappa shape index (κ3) is 3.47. The van der Waals surface area contributed by atoms with Gasteiger partial charge in [0.1, 0.15) is 0 Å². The summed E-state index contributed by atoms with van der Waals surface area (Å²) in [6.07, 6.45) is 7.74. The molecular formula is C12H22N4. The zero-order valence-electron chi connectivity index (χ0n) is 10.0. The van der Waals surface area contributed by atoms with Gasteiger partial charge >= 0.3 is 0 Å². The van der Waals surface area contributed by atoms with Gasteiger partial charge in [0.2, 0.25) is 0 Å². The lowest BCUT2D eigenvalue weighted by Crippen LogP contribution is -2.30. The van der Waals surface area contributed by atoms with Gasteiger partial charge in [-0.25, -0.2) is 4.98 Å². The Morgan fingerprint density at radius 1 is 1.69 bits per heavy atom. The fourth-order valence-corrected chi connectivity index (χ4v) is 1.72. The molecule has 3 N–H and O–H groups in total. The lowest BCUT2D eigenvalue weighted by atomic mass is 10.2. The lowest BCUT2D eigenvalue weighted by Gasteiger charge is -2.18. The number of nitrogens with zero attached hydrogens (tertiary/aromatic N) is 2. The number of aromatic nitrogens is 2. The van der Waals surface area contributed by atoms with E-state index < -0.39 is 0 Å². The topological polar surface area (TPSA) is 55.9 Å². The highest BCUT2D eigenvalue weighted by atomic mass is 15.1. The minimum absolute atomic E-state index is 0.189. The van der Waals surface area contributed by atoms with Crippen LogP contribution in [-0.2, 0) is 6.54 Å². The predicted molar refractivity (Wildman–Crippen MR) is 67.1 cm³/mol. The van der Waals surface area contributed by atoms with Gasteiger partial charge in [0.15, 0.2) is 0 Å². The fourth-order valence-electron chi connectivity index (χ4n) is 1.72. The summed E-state index contributed by atoms with van der Waals surface area (Å²) >= 11 is 0. The van der Waals surface area contributed by atoms with E-state index in [-0.39, 0.29) is 6.04 Å². The van der Waals surface area contributed by atoms with E-state index in [1.807, 2.05) is 18.6 Å². The van der Waals surface area contributed by atoms with Crippen molar-refractivity contribution in [3.8, 4) is 0 Å². The Morgan fingerprint density at radius 2 is 2.50 bits per heavy atom. The van der Waals surface area contributed by atoms with E-state index in [1.165, 1.54) is 5.69 Å². The molecule has 1 aromatic heterocycles. The normalized spacial score (nSPS) is 12.6. The van der Waals surface area contributed by atoms with E-state index in [2.05, 4.69) is 28.4 Å². The monoisotopic (exact) mass is 222 g/mol. The van der Waals surface area contributed by atoms with E-state index in [4.69, 9.17) is 5.73 Å². The Labute approximate surface area is 97.6 Å². The van der Waals surface area contributed by atoms with Crippen molar-refractivity contribution in [2.24, 2.45) is 5.73 Å². The second-order valence-corrected chi connectivity index (χ2v) is 3.83. The van der Waals surface area contributed by atoms with Crippen LogP contribution in [0.1, 0.15) is 31.5 Å². The molecule has 0 aliphatic rings. The summed E-state index contributed by atoms with van der Waals surface area (Å²) in [5.41, 5.74) is 6.96. The van der Waals surface area contributed by atoms with Crippen molar-refractivity contribution in [3.63, 3.8) is 0 Å². The Balaban J connectivity index is 2.62. The van der Waals surface area contributed by atoms with E-state index >= 15 is 0 Å². The molecule has 0 aliphatic carbocycles. The quantitative estimate of drug-likeness (QED) is 0.517. The van der Waals surface area contributed by atoms with Crippen molar-refractivity contribution >= 4 is 0 Å². The first-order chi connectivity index (χ1) is 7.83. The third-order valence-corrected chi connectivity index (χ3v) is 2.54. The first-order valence-corrected chi connectivity index (χ1v) is 5.87. The smallest absolute Gasteiger partial charge is 0.0948 e. The van der Waals surface area contributed by atoms with Crippen LogP contribution in [0.4, 0.5) is 0 Å². The molecule has 0 radical (unpaired) electrons. The summed E-state index contributed by atoms with van der Waals surface area (Å²) in [6, 6.07) is 0.189. The van der Waals surface area contributed by atoms with Crippen molar-refractivity contribution in [1.29, 1.82) is 0 Å². The van der Waals surface area contributed by atoms with Crippen molar-refractivity contribution in [3.05, 3.63) is 30.9 Å². The molecule has 1 aromatic rings. The molecule has 1 unspecified atom stereocenters. The molecule has 0 fully saturated rings. The highest BCUT2D eigenvalue weighted by Gasteiger charge is 2.12. The molecule has 4 heteroatoms. The van der Waals surface area contributed by atoms with Crippen molar-refractivity contribution in [2.45, 2.75) is 32.4 Å². The van der Waals surface area contributed by atoms with Crippen LogP contribution in [0.25, 0.3) is 0 Å². The number of aryl methyl sites for hydroxylation is 1. The standard InChI is InChI=1S/C12H22N4/c1-3-5-6-15-11(8-13)12-9-14-10-16(12)7-4-2/h3,9-11,15H,1,4-8,13H2,2H3. The zero-order valence-corrected chi connectivity index (χ0v) is 10.0. The maximum atomic E-state index is 5.78. The molecule has 0 aliphatic heterocycles. The maximum Gasteiger partial charge on any atom is 0.0948 e. The van der Waals surface area contributed by atoms with Gasteiger partial charge in [0, 0.05) is 19.3 Å². The van der Waals surface area contributed by atoms with E-state index in [0.29, 0.717) is 6.54 Å². The number of hydrogen-bond donors (Lipinski definition) is 2. The molecular weight excluding hydrogens is 200 g/mol. The Bertz CT molecular complexity index is 306. The summed E-state index contributed by atoms with van der Waals surface area (Å²) in [6.45, 7) is 8.35. The summed E-state index contributed by atoms with van der Waals surface area (Å²) in [4.78, 5) is 4.19. The van der Waals surface area contributed by atoms with Crippen LogP contribution in [0.2, 0.25) is 0 Å². The maximum absolute atomic E-state index is 5.78. The Hall–Kier alpha value is -1.13. The molecule has 1 atom stereocenters. The SMILES string of the molecule is C=CCCNC(CN)c1cncn1CCC. The largest absolute Gasteiger partial charge is 0.333 e. The number of nitrogens with one attached hydrogen (secondary N) is 1. The Morgan fingerprint density at radius 3 is 3.12 bits per heavy atom. The van der Waals surface area contributed by atoms with Crippen LogP contribution in [0, 0.1) is 0 Å². The number of hydrogen-bond acceptors (Lipinski definition) is 3. The number of imidazole rings is 1. The molecule has 0 aromatic carbocycles. The average Bonchev–Trinajstić information content (AvgIpc) is 2.73. The van der Waals surface area contributed by atoms with Gasteiger partial charge in [0.25, 0.3) is 0 Å². The highest BCUT2D eigenvalue weighted by molar-refractivity contribution is 5.06. The van der Waals surface area contributed by atoms with Crippen molar-refractivity contribution < 1.29 is 0 Å². The van der Waals surface area contributed by atoms with Gasteiger partial charge in [0.05, 0.1) is 18.1 Å². The highest BCUT2D eigenvalue weighted by Crippen LogP contribution is 2.11. The second kappa shape index (κ2) is 7.19. The van der Waals surface area contributed by atoms with Gasteiger partial charge < -0.3 is 15.6 Å². The number of rotatable bonds is 8. The van der Waals surface area contributed by atoms with Gasteiger partial charge in [-0.15, -0.1) is 6.58 Å². The van der Waals surface area contributed by atoms with Gasteiger partial charge in [-0.05, 0) is 19.4 Å². The molecule has 0 saturated heterocycles. The summed E-state index contributed by atoms with van der Waals surface area (Å²) < 4.78 is 2.17.